The number of benzene rings is 1. The summed E-state index contributed by atoms with van der Waals surface area (Å²) in [6, 6.07) is 12.0. The number of rotatable bonds is 8. The van der Waals surface area contributed by atoms with E-state index in [1.165, 1.54) is 6.26 Å². The van der Waals surface area contributed by atoms with Crippen molar-refractivity contribution in [2.75, 3.05) is 32.7 Å². The van der Waals surface area contributed by atoms with Crippen LogP contribution in [0.15, 0.2) is 63.0 Å². The number of nitrogens with zero attached hydrogens (tertiary/aromatic N) is 2. The maximum Gasteiger partial charge on any atom is 0.243 e. The highest BCUT2D eigenvalue weighted by Crippen LogP contribution is 2.24. The van der Waals surface area contributed by atoms with Gasteiger partial charge in [-0.3, -0.25) is 0 Å². The molecule has 3 N–H and O–H groups in total. The second kappa shape index (κ2) is 12.0. The van der Waals surface area contributed by atoms with Gasteiger partial charge in [-0.1, -0.05) is 18.2 Å². The van der Waals surface area contributed by atoms with E-state index in [0.717, 1.165) is 12.8 Å². The zero-order valence-corrected chi connectivity index (χ0v) is 21.7. The highest BCUT2D eigenvalue weighted by Gasteiger charge is 2.29. The molecule has 2 heterocycles. The Balaban J connectivity index is 0.00000363. The minimum atomic E-state index is -3.43. The minimum Gasteiger partial charge on any atom is -0.466 e. The molecule has 1 saturated heterocycles. The van der Waals surface area contributed by atoms with Crippen molar-refractivity contribution in [3.63, 3.8) is 0 Å². The molecule has 3 rings (SSSR count). The van der Waals surface area contributed by atoms with Crippen molar-refractivity contribution >= 4 is 40.0 Å². The molecule has 1 aromatic carbocycles. The molecule has 0 radical (unpaired) electrons. The van der Waals surface area contributed by atoms with Gasteiger partial charge < -0.3 is 20.2 Å². The number of halogens is 1. The average molecular weight is 577 g/mol. The molecule has 2 aromatic rings. The van der Waals surface area contributed by atoms with E-state index >= 15 is 0 Å². The molecule has 178 valence electrons. The first-order valence-electron chi connectivity index (χ1n) is 10.7. The number of nitrogens with one attached hydrogen (secondary N) is 2. The van der Waals surface area contributed by atoms with Crippen molar-refractivity contribution in [3.05, 3.63) is 54.5 Å². The van der Waals surface area contributed by atoms with Gasteiger partial charge in [-0.25, -0.2) is 13.4 Å². The fraction of sp³-hybridized carbons (Fsp3) is 0.500. The summed E-state index contributed by atoms with van der Waals surface area (Å²) in [5.41, 5.74) is -1.19. The summed E-state index contributed by atoms with van der Waals surface area (Å²) in [5.74, 6) is 1.43. The summed E-state index contributed by atoms with van der Waals surface area (Å²) in [6.45, 7) is 6.20. The topological polar surface area (TPSA) is 107 Å². The van der Waals surface area contributed by atoms with Crippen LogP contribution in [0.3, 0.4) is 0 Å². The first-order valence-corrected chi connectivity index (χ1v) is 12.1. The standard InChI is InChI=1S/C22H32N4O4S.HI/c1-3-23-21(25-17-22(2,27)20-10-7-15-30-20)24-16-18-11-13-26(14-12-18)31(28,29)19-8-5-4-6-9-19;/h4-10,15,18,27H,3,11-14,16-17H2,1-2H3,(H2,23,24,25);1H. The van der Waals surface area contributed by atoms with E-state index in [2.05, 4.69) is 15.6 Å². The van der Waals surface area contributed by atoms with Crippen LogP contribution in [0.2, 0.25) is 0 Å². The molecule has 1 fully saturated rings. The molecule has 0 spiro atoms. The van der Waals surface area contributed by atoms with Crippen LogP contribution in [-0.2, 0) is 15.6 Å². The lowest BCUT2D eigenvalue weighted by molar-refractivity contribution is 0.0437. The highest BCUT2D eigenvalue weighted by molar-refractivity contribution is 14.0. The molecule has 0 aliphatic carbocycles. The van der Waals surface area contributed by atoms with Gasteiger partial charge in [0.25, 0.3) is 0 Å². The Bertz CT molecular complexity index is 942. The Labute approximate surface area is 207 Å². The van der Waals surface area contributed by atoms with Crippen LogP contribution in [0.5, 0.6) is 0 Å². The Morgan fingerprint density at radius 2 is 1.88 bits per heavy atom. The van der Waals surface area contributed by atoms with Gasteiger partial charge in [0, 0.05) is 26.2 Å². The van der Waals surface area contributed by atoms with E-state index in [0.29, 0.717) is 48.7 Å². The van der Waals surface area contributed by atoms with Crippen molar-refractivity contribution in [1.82, 2.24) is 14.9 Å². The Morgan fingerprint density at radius 3 is 2.47 bits per heavy atom. The zero-order chi connectivity index (χ0) is 22.3. The van der Waals surface area contributed by atoms with Gasteiger partial charge in [-0.05, 0) is 56.9 Å². The van der Waals surface area contributed by atoms with Gasteiger partial charge in [0.1, 0.15) is 11.4 Å². The molecule has 0 saturated carbocycles. The molecule has 8 nitrogen and oxygen atoms in total. The maximum absolute atomic E-state index is 12.8. The molecule has 1 aliphatic rings. The number of hydrogen-bond acceptors (Lipinski definition) is 5. The number of hydrogen-bond donors (Lipinski definition) is 3. The normalized spacial score (nSPS) is 17.9. The third-order valence-electron chi connectivity index (χ3n) is 5.45. The van der Waals surface area contributed by atoms with Crippen molar-refractivity contribution in [2.24, 2.45) is 10.9 Å². The quantitative estimate of drug-likeness (QED) is 0.254. The second-order valence-electron chi connectivity index (χ2n) is 7.99. The smallest absolute Gasteiger partial charge is 0.243 e. The summed E-state index contributed by atoms with van der Waals surface area (Å²) in [7, 11) is -3.43. The van der Waals surface area contributed by atoms with Crippen LogP contribution < -0.4 is 10.6 Å². The van der Waals surface area contributed by atoms with Crippen molar-refractivity contribution < 1.29 is 17.9 Å². The Kier molecular flexibility index (Phi) is 9.99. The third kappa shape index (κ3) is 6.93. The highest BCUT2D eigenvalue weighted by atomic mass is 127. The van der Waals surface area contributed by atoms with Crippen molar-refractivity contribution in [2.45, 2.75) is 37.2 Å². The molecule has 1 atom stereocenters. The van der Waals surface area contributed by atoms with Crippen LogP contribution in [0, 0.1) is 5.92 Å². The van der Waals surface area contributed by atoms with Crippen molar-refractivity contribution in [3.8, 4) is 0 Å². The third-order valence-corrected chi connectivity index (χ3v) is 7.37. The molecule has 10 heteroatoms. The number of piperidine rings is 1. The molecule has 1 aliphatic heterocycles. The summed E-state index contributed by atoms with van der Waals surface area (Å²) < 4.78 is 32.4. The lowest BCUT2D eigenvalue weighted by Gasteiger charge is -2.31. The van der Waals surface area contributed by atoms with E-state index in [9.17, 15) is 13.5 Å². The predicted molar refractivity (Wildman–Crippen MR) is 136 cm³/mol. The van der Waals surface area contributed by atoms with E-state index in [1.807, 2.05) is 13.0 Å². The SMILES string of the molecule is CCNC(=NCC(C)(O)c1ccco1)NCC1CCN(S(=O)(=O)c2ccccc2)CC1.I. The Morgan fingerprint density at radius 1 is 1.19 bits per heavy atom. The average Bonchev–Trinajstić information content (AvgIpc) is 3.33. The van der Waals surface area contributed by atoms with Gasteiger partial charge in [0.15, 0.2) is 5.96 Å². The monoisotopic (exact) mass is 576 g/mol. The molecule has 0 amide bonds. The van der Waals surface area contributed by atoms with Gasteiger partial charge in [-0.2, -0.15) is 4.31 Å². The van der Waals surface area contributed by atoms with E-state index < -0.39 is 15.6 Å². The fourth-order valence-corrected chi connectivity index (χ4v) is 5.06. The van der Waals surface area contributed by atoms with Crippen LogP contribution in [0.25, 0.3) is 0 Å². The Hall–Kier alpha value is -1.63. The van der Waals surface area contributed by atoms with Gasteiger partial charge >= 0.3 is 0 Å². The van der Waals surface area contributed by atoms with E-state index in [1.54, 1.807) is 47.6 Å². The first-order chi connectivity index (χ1) is 14.8. The molecule has 0 bridgehead atoms. The molecule has 1 unspecified atom stereocenters. The number of aliphatic hydroxyl groups is 1. The maximum atomic E-state index is 12.8. The lowest BCUT2D eigenvalue weighted by atomic mass is 9.98. The van der Waals surface area contributed by atoms with Crippen LogP contribution in [0.4, 0.5) is 0 Å². The fourth-order valence-electron chi connectivity index (χ4n) is 3.57. The first kappa shape index (κ1) is 26.6. The largest absolute Gasteiger partial charge is 0.466 e. The lowest BCUT2D eigenvalue weighted by Crippen LogP contribution is -2.44. The molecule has 1 aromatic heterocycles. The number of furan rings is 1. The summed E-state index contributed by atoms with van der Waals surface area (Å²) in [6.07, 6.45) is 3.09. The zero-order valence-electron chi connectivity index (χ0n) is 18.5. The predicted octanol–water partition coefficient (Wildman–Crippen LogP) is 2.76. The summed E-state index contributed by atoms with van der Waals surface area (Å²) in [5, 5.41) is 17.1. The van der Waals surface area contributed by atoms with Gasteiger partial charge in [-0.15, -0.1) is 24.0 Å². The summed E-state index contributed by atoms with van der Waals surface area (Å²) >= 11 is 0. The number of guanidine groups is 1. The number of aliphatic imine (C=N–C) groups is 1. The molecular formula is C22H33IN4O4S. The van der Waals surface area contributed by atoms with Crippen LogP contribution in [0.1, 0.15) is 32.4 Å². The number of sulfonamides is 1. The van der Waals surface area contributed by atoms with E-state index in [4.69, 9.17) is 4.42 Å². The van der Waals surface area contributed by atoms with E-state index in [-0.39, 0.29) is 30.5 Å². The minimum absolute atomic E-state index is 0. The molecular weight excluding hydrogens is 543 g/mol. The van der Waals surface area contributed by atoms with Gasteiger partial charge in [0.2, 0.25) is 10.0 Å². The van der Waals surface area contributed by atoms with Crippen LogP contribution >= 0.6 is 24.0 Å². The van der Waals surface area contributed by atoms with Crippen LogP contribution in [-0.4, -0.2) is 56.5 Å². The summed E-state index contributed by atoms with van der Waals surface area (Å²) in [4.78, 5) is 4.84. The van der Waals surface area contributed by atoms with Gasteiger partial charge in [0.05, 0.1) is 17.7 Å². The molecule has 32 heavy (non-hydrogen) atoms. The van der Waals surface area contributed by atoms with Crippen molar-refractivity contribution in [1.29, 1.82) is 0 Å². The second-order valence-corrected chi connectivity index (χ2v) is 9.93.